The van der Waals surface area contributed by atoms with Gasteiger partial charge in [0.2, 0.25) is 17.8 Å². The normalized spacial score (nSPS) is 10.9. The predicted molar refractivity (Wildman–Crippen MR) is 135 cm³/mol. The number of benzene rings is 2. The van der Waals surface area contributed by atoms with Gasteiger partial charge >= 0.3 is 0 Å². The van der Waals surface area contributed by atoms with Gasteiger partial charge in [-0.05, 0) is 12.1 Å². The van der Waals surface area contributed by atoms with Crippen LogP contribution in [0.2, 0.25) is 0 Å². The number of carbonyl (C=O) groups excluding carboxylic acids is 1. The molecule has 0 radical (unpaired) electrons. The molecule has 0 unspecified atom stereocenters. The number of aromatic nitrogens is 5. The van der Waals surface area contributed by atoms with E-state index in [9.17, 15) is 4.79 Å². The summed E-state index contributed by atoms with van der Waals surface area (Å²) in [6.07, 6.45) is 0. The molecule has 0 atom stereocenters. The fraction of sp³-hybridized carbons (Fsp3) is 0.0870. The molecule has 12 nitrogen and oxygen atoms in total. The van der Waals surface area contributed by atoms with Crippen LogP contribution in [0.25, 0.3) is 33.1 Å². The lowest BCUT2D eigenvalue weighted by molar-refractivity contribution is 0.0950. The van der Waals surface area contributed by atoms with Crippen LogP contribution in [0.15, 0.2) is 60.7 Å². The standard InChI is InChI=1S/C23H23N11O/c24-33-22-30-21(31-23(32-22)34-25)27-11-10-26-20(35)17-12-15-14-8-4-5-9-16(14)28-19(15)18(29-17)13-6-2-1-3-7-13/h1-9,12,28H,10-11,24-25H2,(H,26,35)(H3,27,30,31,32,33,34). The molecule has 176 valence electrons. The van der Waals surface area contributed by atoms with Crippen LogP contribution in [0.5, 0.6) is 0 Å². The molecule has 5 aromatic rings. The number of rotatable bonds is 8. The van der Waals surface area contributed by atoms with Crippen molar-refractivity contribution in [2.24, 2.45) is 11.7 Å². The maximum atomic E-state index is 13.0. The summed E-state index contributed by atoms with van der Waals surface area (Å²) in [7, 11) is 0. The Morgan fingerprint density at radius 1 is 0.800 bits per heavy atom. The van der Waals surface area contributed by atoms with Gasteiger partial charge in [0.25, 0.3) is 5.91 Å². The number of hydrazine groups is 2. The predicted octanol–water partition coefficient (Wildman–Crippen LogP) is 1.98. The average Bonchev–Trinajstić information content (AvgIpc) is 3.29. The van der Waals surface area contributed by atoms with E-state index in [2.05, 4.69) is 41.4 Å². The van der Waals surface area contributed by atoms with Crippen molar-refractivity contribution in [1.82, 2.24) is 30.2 Å². The number of nitrogens with two attached hydrogens (primary N) is 2. The fourth-order valence-electron chi connectivity index (χ4n) is 3.79. The second kappa shape index (κ2) is 9.59. The minimum Gasteiger partial charge on any atom is -0.353 e. The topological polar surface area (TPSA) is 185 Å². The van der Waals surface area contributed by atoms with Crippen LogP contribution in [-0.4, -0.2) is 43.9 Å². The number of nitrogen functional groups attached to an aromatic ring is 2. The quantitative estimate of drug-likeness (QED) is 0.101. The first-order valence-electron chi connectivity index (χ1n) is 10.8. The fourth-order valence-corrected chi connectivity index (χ4v) is 3.79. The van der Waals surface area contributed by atoms with Gasteiger partial charge in [-0.1, -0.05) is 48.5 Å². The third kappa shape index (κ3) is 4.51. The van der Waals surface area contributed by atoms with Crippen LogP contribution >= 0.6 is 0 Å². The van der Waals surface area contributed by atoms with Crippen LogP contribution in [-0.2, 0) is 0 Å². The lowest BCUT2D eigenvalue weighted by Crippen LogP contribution is -2.30. The molecule has 0 aliphatic carbocycles. The van der Waals surface area contributed by atoms with E-state index in [0.717, 1.165) is 33.1 Å². The number of amides is 1. The third-order valence-electron chi connectivity index (χ3n) is 5.36. The third-order valence-corrected chi connectivity index (χ3v) is 5.36. The van der Waals surface area contributed by atoms with Crippen molar-refractivity contribution in [3.8, 4) is 11.3 Å². The number of fused-ring (bicyclic) bond motifs is 3. The molecular weight excluding hydrogens is 446 g/mol. The summed E-state index contributed by atoms with van der Waals surface area (Å²) in [4.78, 5) is 33.3. The zero-order valence-corrected chi connectivity index (χ0v) is 18.5. The summed E-state index contributed by atoms with van der Waals surface area (Å²) >= 11 is 0. The molecule has 1 amide bonds. The van der Waals surface area contributed by atoms with E-state index >= 15 is 0 Å². The number of anilines is 3. The van der Waals surface area contributed by atoms with Crippen molar-refractivity contribution in [3.63, 3.8) is 0 Å². The molecule has 2 aromatic carbocycles. The van der Waals surface area contributed by atoms with Crippen LogP contribution in [0.1, 0.15) is 10.5 Å². The van der Waals surface area contributed by atoms with Gasteiger partial charge in [0.05, 0.1) is 11.2 Å². The Balaban J connectivity index is 1.38. The zero-order chi connectivity index (χ0) is 24.2. The molecule has 3 aromatic heterocycles. The van der Waals surface area contributed by atoms with Crippen molar-refractivity contribution >= 4 is 45.6 Å². The second-order valence-electron chi connectivity index (χ2n) is 7.59. The zero-order valence-electron chi connectivity index (χ0n) is 18.5. The van der Waals surface area contributed by atoms with Crippen molar-refractivity contribution in [2.45, 2.75) is 0 Å². The van der Waals surface area contributed by atoms with Crippen LogP contribution in [0.3, 0.4) is 0 Å². The van der Waals surface area contributed by atoms with Crippen LogP contribution in [0.4, 0.5) is 17.8 Å². The number of hydrogen-bond donors (Lipinski definition) is 7. The smallest absolute Gasteiger partial charge is 0.269 e. The number of H-pyrrole nitrogens is 1. The Morgan fingerprint density at radius 2 is 1.49 bits per heavy atom. The SMILES string of the molecule is NNc1nc(NN)nc(NCCNC(=O)c2cc3c([nH]c4ccccc43)c(-c3ccccc3)n2)n1. The lowest BCUT2D eigenvalue weighted by Gasteiger charge is -2.10. The van der Waals surface area contributed by atoms with E-state index in [1.165, 1.54) is 0 Å². The van der Waals surface area contributed by atoms with Crippen LogP contribution in [0, 0.1) is 0 Å². The molecule has 0 saturated carbocycles. The number of nitrogens with one attached hydrogen (secondary N) is 5. The van der Waals surface area contributed by atoms with E-state index in [1.807, 2.05) is 60.7 Å². The van der Waals surface area contributed by atoms with Gasteiger partial charge in [0, 0.05) is 34.9 Å². The van der Waals surface area contributed by atoms with E-state index in [4.69, 9.17) is 16.7 Å². The number of aromatic amines is 1. The first kappa shape index (κ1) is 22.0. The van der Waals surface area contributed by atoms with Gasteiger partial charge in [-0.3, -0.25) is 15.6 Å². The second-order valence-corrected chi connectivity index (χ2v) is 7.59. The summed E-state index contributed by atoms with van der Waals surface area (Å²) < 4.78 is 0. The molecule has 0 bridgehead atoms. The number of carbonyl (C=O) groups is 1. The molecule has 0 saturated heterocycles. The summed E-state index contributed by atoms with van der Waals surface area (Å²) in [5.74, 6) is 11.0. The highest BCUT2D eigenvalue weighted by Crippen LogP contribution is 2.32. The number of hydrogen-bond acceptors (Lipinski definition) is 10. The summed E-state index contributed by atoms with van der Waals surface area (Å²) in [5, 5.41) is 7.84. The van der Waals surface area contributed by atoms with Crippen molar-refractivity contribution in [2.75, 3.05) is 29.3 Å². The molecule has 0 fully saturated rings. The number of nitrogens with zero attached hydrogens (tertiary/aromatic N) is 4. The molecule has 0 aliphatic heterocycles. The van der Waals surface area contributed by atoms with Crippen LogP contribution < -0.4 is 33.2 Å². The molecule has 0 spiro atoms. The Bertz CT molecular complexity index is 1480. The van der Waals surface area contributed by atoms with Gasteiger partial charge in [-0.2, -0.15) is 15.0 Å². The minimum absolute atomic E-state index is 0.143. The summed E-state index contributed by atoms with van der Waals surface area (Å²) in [5.41, 5.74) is 8.51. The van der Waals surface area contributed by atoms with Crippen molar-refractivity contribution < 1.29 is 4.79 Å². The molecule has 12 heteroatoms. The summed E-state index contributed by atoms with van der Waals surface area (Å²) in [6, 6.07) is 19.6. The minimum atomic E-state index is -0.291. The Labute approximate surface area is 199 Å². The number of para-hydroxylation sites is 1. The number of pyridine rings is 1. The highest BCUT2D eigenvalue weighted by atomic mass is 16.1. The van der Waals surface area contributed by atoms with E-state index in [-0.39, 0.29) is 23.8 Å². The maximum Gasteiger partial charge on any atom is 0.269 e. The molecule has 35 heavy (non-hydrogen) atoms. The Morgan fingerprint density at radius 3 is 2.23 bits per heavy atom. The van der Waals surface area contributed by atoms with Crippen molar-refractivity contribution in [3.05, 3.63) is 66.4 Å². The van der Waals surface area contributed by atoms with Gasteiger partial charge in [0.1, 0.15) is 5.69 Å². The first-order chi connectivity index (χ1) is 17.2. The highest BCUT2D eigenvalue weighted by Gasteiger charge is 2.17. The highest BCUT2D eigenvalue weighted by molar-refractivity contribution is 6.13. The van der Waals surface area contributed by atoms with Gasteiger partial charge < -0.3 is 15.6 Å². The first-order valence-corrected chi connectivity index (χ1v) is 10.8. The van der Waals surface area contributed by atoms with Gasteiger partial charge in [0.15, 0.2) is 0 Å². The molecule has 3 heterocycles. The van der Waals surface area contributed by atoms with Crippen molar-refractivity contribution in [1.29, 1.82) is 0 Å². The van der Waals surface area contributed by atoms with E-state index in [0.29, 0.717) is 18.8 Å². The monoisotopic (exact) mass is 469 g/mol. The molecule has 5 rings (SSSR count). The van der Waals surface area contributed by atoms with Gasteiger partial charge in [-0.25, -0.2) is 16.7 Å². The average molecular weight is 470 g/mol. The van der Waals surface area contributed by atoms with Gasteiger partial charge in [-0.15, -0.1) is 0 Å². The Hall–Kier alpha value is -4.81. The largest absolute Gasteiger partial charge is 0.353 e. The molecule has 0 aliphatic rings. The van der Waals surface area contributed by atoms with E-state index in [1.54, 1.807) is 0 Å². The molecule has 9 N–H and O–H groups in total. The Kier molecular flexibility index (Phi) is 6.03. The summed E-state index contributed by atoms with van der Waals surface area (Å²) in [6.45, 7) is 0.653. The maximum absolute atomic E-state index is 13.0. The molecular formula is C23H23N11O. The lowest BCUT2D eigenvalue weighted by atomic mass is 10.1. The van der Waals surface area contributed by atoms with E-state index < -0.39 is 0 Å².